The third kappa shape index (κ3) is 4.19. The topological polar surface area (TPSA) is 80.0 Å². The summed E-state index contributed by atoms with van der Waals surface area (Å²) >= 11 is 1.26. The van der Waals surface area contributed by atoms with E-state index in [1.54, 1.807) is 7.05 Å². The molecule has 0 saturated heterocycles. The van der Waals surface area contributed by atoms with Crippen LogP contribution in [0.15, 0.2) is 30.3 Å². The van der Waals surface area contributed by atoms with E-state index in [1.165, 1.54) is 16.9 Å². The summed E-state index contributed by atoms with van der Waals surface area (Å²) in [6.07, 6.45) is 1.82. The zero-order valence-electron chi connectivity index (χ0n) is 12.2. The van der Waals surface area contributed by atoms with Gasteiger partial charge < -0.3 is 16.4 Å². The van der Waals surface area contributed by atoms with Gasteiger partial charge >= 0.3 is 0 Å². The Labute approximate surface area is 128 Å². The standard InChI is InChI=1S/C15H20N4OS/c1-10(8-9-11-6-4-3-5-7-11)18-14(20)12-13(16)19-15(17-2)21-12/h3-7,10H,8-9,16H2,1-2H3,(H,17,19)(H,18,20). The lowest BCUT2D eigenvalue weighted by Crippen LogP contribution is -2.32. The van der Waals surface area contributed by atoms with Crippen LogP contribution in [0, 0.1) is 0 Å². The van der Waals surface area contributed by atoms with Crippen LogP contribution in [0.4, 0.5) is 10.9 Å². The van der Waals surface area contributed by atoms with E-state index in [1.807, 2.05) is 25.1 Å². The van der Waals surface area contributed by atoms with Crippen molar-refractivity contribution < 1.29 is 4.79 Å². The summed E-state index contributed by atoms with van der Waals surface area (Å²) < 4.78 is 0. The summed E-state index contributed by atoms with van der Waals surface area (Å²) in [7, 11) is 1.75. The van der Waals surface area contributed by atoms with E-state index in [-0.39, 0.29) is 17.8 Å². The number of nitrogen functional groups attached to an aromatic ring is 1. The first kappa shape index (κ1) is 15.3. The number of amides is 1. The van der Waals surface area contributed by atoms with Gasteiger partial charge in [0.1, 0.15) is 10.7 Å². The summed E-state index contributed by atoms with van der Waals surface area (Å²) in [6.45, 7) is 2.00. The van der Waals surface area contributed by atoms with Crippen LogP contribution in [-0.4, -0.2) is 24.0 Å². The van der Waals surface area contributed by atoms with Crippen molar-refractivity contribution in [3.63, 3.8) is 0 Å². The van der Waals surface area contributed by atoms with E-state index < -0.39 is 0 Å². The number of nitrogens with one attached hydrogen (secondary N) is 2. The minimum atomic E-state index is -0.160. The smallest absolute Gasteiger partial charge is 0.265 e. The van der Waals surface area contributed by atoms with Gasteiger partial charge in [-0.2, -0.15) is 0 Å². The summed E-state index contributed by atoms with van der Waals surface area (Å²) in [4.78, 5) is 16.7. The van der Waals surface area contributed by atoms with Gasteiger partial charge in [0.25, 0.3) is 5.91 Å². The molecule has 21 heavy (non-hydrogen) atoms. The molecule has 0 aliphatic rings. The second-order valence-corrected chi connectivity index (χ2v) is 5.88. The normalized spacial score (nSPS) is 11.9. The van der Waals surface area contributed by atoms with Crippen LogP contribution in [0.25, 0.3) is 0 Å². The number of benzene rings is 1. The first-order valence-electron chi connectivity index (χ1n) is 6.89. The minimum absolute atomic E-state index is 0.0808. The molecule has 2 rings (SSSR count). The molecule has 1 aromatic heterocycles. The molecule has 1 heterocycles. The molecular weight excluding hydrogens is 284 g/mol. The third-order valence-corrected chi connectivity index (χ3v) is 4.25. The highest BCUT2D eigenvalue weighted by molar-refractivity contribution is 7.18. The largest absolute Gasteiger partial charge is 0.382 e. The van der Waals surface area contributed by atoms with Gasteiger partial charge in [0.05, 0.1) is 0 Å². The van der Waals surface area contributed by atoms with Crippen molar-refractivity contribution in [1.82, 2.24) is 10.3 Å². The molecule has 0 aliphatic heterocycles. The molecule has 2 aromatic rings. The number of hydrogen-bond acceptors (Lipinski definition) is 5. The number of carbonyl (C=O) groups is 1. The molecule has 1 unspecified atom stereocenters. The van der Waals surface area contributed by atoms with E-state index in [0.29, 0.717) is 10.0 Å². The lowest BCUT2D eigenvalue weighted by atomic mass is 10.1. The van der Waals surface area contributed by atoms with Gasteiger partial charge in [-0.3, -0.25) is 4.79 Å². The Morgan fingerprint density at radius 3 is 2.71 bits per heavy atom. The molecule has 0 aliphatic carbocycles. The zero-order valence-corrected chi connectivity index (χ0v) is 13.0. The minimum Gasteiger partial charge on any atom is -0.382 e. The van der Waals surface area contributed by atoms with E-state index in [0.717, 1.165) is 12.8 Å². The Hall–Kier alpha value is -2.08. The zero-order chi connectivity index (χ0) is 15.2. The quantitative estimate of drug-likeness (QED) is 0.766. The average molecular weight is 304 g/mol. The maximum atomic E-state index is 12.2. The predicted octanol–water partition coefficient (Wildman–Crippen LogP) is 2.52. The molecule has 112 valence electrons. The molecule has 0 saturated carbocycles. The Morgan fingerprint density at radius 2 is 2.10 bits per heavy atom. The summed E-state index contributed by atoms with van der Waals surface area (Å²) in [6, 6.07) is 10.3. The number of anilines is 2. The Kier molecular flexibility index (Phi) is 5.16. The van der Waals surface area contributed by atoms with Crippen LogP contribution < -0.4 is 16.4 Å². The predicted molar refractivity (Wildman–Crippen MR) is 87.8 cm³/mol. The van der Waals surface area contributed by atoms with Crippen LogP contribution in [-0.2, 0) is 6.42 Å². The summed E-state index contributed by atoms with van der Waals surface area (Å²) in [5.74, 6) is 0.115. The number of rotatable bonds is 6. The number of carbonyl (C=O) groups excluding carboxylic acids is 1. The molecule has 5 nitrogen and oxygen atoms in total. The molecular formula is C15H20N4OS. The third-order valence-electron chi connectivity index (χ3n) is 3.16. The van der Waals surface area contributed by atoms with E-state index in [9.17, 15) is 4.79 Å². The van der Waals surface area contributed by atoms with Crippen molar-refractivity contribution in [2.24, 2.45) is 0 Å². The average Bonchev–Trinajstić information content (AvgIpc) is 2.87. The second-order valence-electron chi connectivity index (χ2n) is 4.88. The van der Waals surface area contributed by atoms with Crippen LogP contribution in [0.5, 0.6) is 0 Å². The maximum Gasteiger partial charge on any atom is 0.265 e. The van der Waals surface area contributed by atoms with Gasteiger partial charge in [0, 0.05) is 13.1 Å². The summed E-state index contributed by atoms with van der Waals surface area (Å²) in [5.41, 5.74) is 7.03. The fourth-order valence-electron chi connectivity index (χ4n) is 1.99. The fourth-order valence-corrected chi connectivity index (χ4v) is 2.73. The molecule has 4 N–H and O–H groups in total. The van der Waals surface area contributed by atoms with Crippen molar-refractivity contribution in [2.45, 2.75) is 25.8 Å². The van der Waals surface area contributed by atoms with Gasteiger partial charge in [0.2, 0.25) is 0 Å². The van der Waals surface area contributed by atoms with Gasteiger partial charge in [-0.1, -0.05) is 41.7 Å². The van der Waals surface area contributed by atoms with Crippen LogP contribution in [0.2, 0.25) is 0 Å². The molecule has 0 bridgehead atoms. The van der Waals surface area contributed by atoms with Gasteiger partial charge in [-0.15, -0.1) is 0 Å². The number of aryl methyl sites for hydroxylation is 1. The molecule has 1 aromatic carbocycles. The Bertz CT molecular complexity index is 597. The first-order chi connectivity index (χ1) is 10.1. The molecule has 0 fully saturated rings. The van der Waals surface area contributed by atoms with Gasteiger partial charge in [0.15, 0.2) is 5.13 Å². The summed E-state index contributed by atoms with van der Waals surface area (Å²) in [5, 5.41) is 6.51. The Morgan fingerprint density at radius 1 is 1.38 bits per heavy atom. The lowest BCUT2D eigenvalue weighted by Gasteiger charge is -2.13. The Balaban J connectivity index is 1.88. The highest BCUT2D eigenvalue weighted by Crippen LogP contribution is 2.24. The second kappa shape index (κ2) is 7.08. The van der Waals surface area contributed by atoms with E-state index in [4.69, 9.17) is 5.73 Å². The van der Waals surface area contributed by atoms with Crippen molar-refractivity contribution >= 4 is 28.2 Å². The molecule has 0 spiro atoms. The number of aromatic nitrogens is 1. The van der Waals surface area contributed by atoms with Crippen molar-refractivity contribution in [1.29, 1.82) is 0 Å². The number of nitrogens with zero attached hydrogens (tertiary/aromatic N) is 1. The van der Waals surface area contributed by atoms with Crippen LogP contribution in [0.1, 0.15) is 28.6 Å². The van der Waals surface area contributed by atoms with Crippen LogP contribution >= 0.6 is 11.3 Å². The maximum absolute atomic E-state index is 12.2. The lowest BCUT2D eigenvalue weighted by molar-refractivity contribution is 0.0943. The first-order valence-corrected chi connectivity index (χ1v) is 7.70. The molecule has 1 atom stereocenters. The van der Waals surface area contributed by atoms with Crippen molar-refractivity contribution in [3.05, 3.63) is 40.8 Å². The fraction of sp³-hybridized carbons (Fsp3) is 0.333. The number of thiazole rings is 1. The number of hydrogen-bond donors (Lipinski definition) is 3. The molecule has 6 heteroatoms. The highest BCUT2D eigenvalue weighted by Gasteiger charge is 2.17. The van der Waals surface area contributed by atoms with Crippen LogP contribution in [0.3, 0.4) is 0 Å². The van der Waals surface area contributed by atoms with E-state index >= 15 is 0 Å². The van der Waals surface area contributed by atoms with Gasteiger partial charge in [-0.05, 0) is 25.3 Å². The molecule has 1 amide bonds. The van der Waals surface area contributed by atoms with Crippen molar-refractivity contribution in [3.8, 4) is 0 Å². The molecule has 0 radical (unpaired) electrons. The van der Waals surface area contributed by atoms with Crippen molar-refractivity contribution in [2.75, 3.05) is 18.1 Å². The monoisotopic (exact) mass is 304 g/mol. The number of nitrogens with two attached hydrogens (primary N) is 1. The highest BCUT2D eigenvalue weighted by atomic mass is 32.1. The van der Waals surface area contributed by atoms with E-state index in [2.05, 4.69) is 27.8 Å². The van der Waals surface area contributed by atoms with Gasteiger partial charge in [-0.25, -0.2) is 4.98 Å². The SMILES string of the molecule is CNc1nc(N)c(C(=O)NC(C)CCc2ccccc2)s1.